The molecule has 2 heterocycles. The molecule has 4 heteroatoms. The zero-order valence-electron chi connectivity index (χ0n) is 12.5. The summed E-state index contributed by atoms with van der Waals surface area (Å²) in [5, 5.41) is 10.3. The van der Waals surface area contributed by atoms with Crippen LogP contribution in [0, 0.1) is 0 Å². The van der Waals surface area contributed by atoms with E-state index in [1.165, 1.54) is 5.56 Å². The molecule has 0 fully saturated rings. The van der Waals surface area contributed by atoms with Gasteiger partial charge in [-0.15, -0.1) is 0 Å². The number of hydrogen-bond donors (Lipinski definition) is 1. The Morgan fingerprint density at radius 3 is 2.61 bits per heavy atom. The molecule has 2 aromatic carbocycles. The van der Waals surface area contributed by atoms with Gasteiger partial charge in [0.05, 0.1) is 11.8 Å². The van der Waals surface area contributed by atoms with Gasteiger partial charge in [-0.1, -0.05) is 36.4 Å². The number of aromatic nitrogens is 2. The molecule has 0 bridgehead atoms. The van der Waals surface area contributed by atoms with E-state index in [0.29, 0.717) is 12.3 Å². The molecule has 4 aromatic rings. The third-order valence-corrected chi connectivity index (χ3v) is 3.95. The molecule has 0 aliphatic rings. The van der Waals surface area contributed by atoms with Crippen molar-refractivity contribution in [1.82, 2.24) is 9.55 Å². The van der Waals surface area contributed by atoms with Crippen molar-refractivity contribution >= 4 is 11.0 Å². The number of aromatic hydroxyl groups is 1. The highest BCUT2D eigenvalue weighted by Crippen LogP contribution is 2.30. The van der Waals surface area contributed by atoms with Crippen molar-refractivity contribution in [1.29, 1.82) is 0 Å². The predicted octanol–water partition coefficient (Wildman–Crippen LogP) is 4.24. The van der Waals surface area contributed by atoms with E-state index in [0.717, 1.165) is 23.3 Å². The second-order valence-electron chi connectivity index (χ2n) is 5.44. The minimum Gasteiger partial charge on any atom is -0.506 e. The maximum Gasteiger partial charge on any atom is 0.177 e. The van der Waals surface area contributed by atoms with E-state index in [4.69, 9.17) is 4.42 Å². The third-order valence-electron chi connectivity index (χ3n) is 3.95. The van der Waals surface area contributed by atoms with Crippen molar-refractivity contribution in [3.63, 3.8) is 0 Å². The number of imidazole rings is 1. The number of benzene rings is 2. The molecule has 4 nitrogen and oxygen atoms in total. The van der Waals surface area contributed by atoms with Gasteiger partial charge in [0.1, 0.15) is 11.3 Å². The Hall–Kier alpha value is -3.01. The lowest BCUT2D eigenvalue weighted by Gasteiger charge is -2.09. The van der Waals surface area contributed by atoms with Crippen molar-refractivity contribution in [3.8, 4) is 17.3 Å². The standard InChI is InChI=1S/C19H16N2O2/c22-16-9-4-8-15-18(16)21(12-11-14-6-2-1-3-7-14)19(20-15)17-10-5-13-23-17/h1-10,13,22H,11-12H2. The first-order chi connectivity index (χ1) is 11.3. The Bertz CT molecular complexity index is 925. The van der Waals surface area contributed by atoms with E-state index >= 15 is 0 Å². The summed E-state index contributed by atoms with van der Waals surface area (Å²) >= 11 is 0. The molecule has 0 aliphatic heterocycles. The second-order valence-corrected chi connectivity index (χ2v) is 5.44. The van der Waals surface area contributed by atoms with Gasteiger partial charge in [0.25, 0.3) is 0 Å². The first kappa shape index (κ1) is 13.6. The molecule has 0 unspecified atom stereocenters. The number of nitrogens with zero attached hydrogens (tertiary/aromatic N) is 2. The van der Waals surface area contributed by atoms with Gasteiger partial charge in [-0.05, 0) is 36.2 Å². The van der Waals surface area contributed by atoms with Gasteiger partial charge in [-0.25, -0.2) is 4.98 Å². The lowest BCUT2D eigenvalue weighted by Crippen LogP contribution is -2.03. The van der Waals surface area contributed by atoms with E-state index in [-0.39, 0.29) is 5.75 Å². The SMILES string of the molecule is Oc1cccc2nc(-c3ccco3)n(CCc3ccccc3)c12. The number of aryl methyl sites for hydroxylation is 2. The fourth-order valence-corrected chi connectivity index (χ4v) is 2.86. The van der Waals surface area contributed by atoms with Crippen molar-refractivity contribution in [2.45, 2.75) is 13.0 Å². The van der Waals surface area contributed by atoms with E-state index in [9.17, 15) is 5.11 Å². The van der Waals surface area contributed by atoms with Gasteiger partial charge < -0.3 is 14.1 Å². The Balaban J connectivity index is 1.81. The maximum absolute atomic E-state index is 10.3. The van der Waals surface area contributed by atoms with Crippen LogP contribution in [0.25, 0.3) is 22.6 Å². The largest absolute Gasteiger partial charge is 0.506 e. The zero-order chi connectivity index (χ0) is 15.6. The molecule has 0 amide bonds. The Labute approximate surface area is 133 Å². The van der Waals surface area contributed by atoms with Crippen LogP contribution in [0.5, 0.6) is 5.75 Å². The summed E-state index contributed by atoms with van der Waals surface area (Å²) in [6.45, 7) is 0.716. The molecule has 0 atom stereocenters. The van der Waals surface area contributed by atoms with Crippen LogP contribution in [0.3, 0.4) is 0 Å². The van der Waals surface area contributed by atoms with Crippen LogP contribution >= 0.6 is 0 Å². The van der Waals surface area contributed by atoms with Crippen LogP contribution in [-0.4, -0.2) is 14.7 Å². The van der Waals surface area contributed by atoms with Gasteiger partial charge in [0.15, 0.2) is 11.6 Å². The van der Waals surface area contributed by atoms with E-state index < -0.39 is 0 Å². The average molecular weight is 304 g/mol. The van der Waals surface area contributed by atoms with E-state index in [2.05, 4.69) is 17.1 Å². The Morgan fingerprint density at radius 1 is 0.957 bits per heavy atom. The van der Waals surface area contributed by atoms with Crippen LogP contribution in [0.2, 0.25) is 0 Å². The fourth-order valence-electron chi connectivity index (χ4n) is 2.86. The lowest BCUT2D eigenvalue weighted by atomic mass is 10.1. The number of furan rings is 1. The Morgan fingerprint density at radius 2 is 1.83 bits per heavy atom. The summed E-state index contributed by atoms with van der Waals surface area (Å²) in [6.07, 6.45) is 2.49. The van der Waals surface area contributed by atoms with Crippen molar-refractivity contribution in [3.05, 3.63) is 72.5 Å². The summed E-state index contributed by atoms with van der Waals surface area (Å²) in [4.78, 5) is 4.64. The van der Waals surface area contributed by atoms with Gasteiger partial charge >= 0.3 is 0 Å². The minimum absolute atomic E-state index is 0.237. The summed E-state index contributed by atoms with van der Waals surface area (Å²) < 4.78 is 7.54. The molecule has 2 aromatic heterocycles. The predicted molar refractivity (Wildman–Crippen MR) is 89.2 cm³/mol. The van der Waals surface area contributed by atoms with Crippen LogP contribution in [0.15, 0.2) is 71.3 Å². The normalized spacial score (nSPS) is 11.1. The van der Waals surface area contributed by atoms with Gasteiger partial charge in [-0.2, -0.15) is 0 Å². The number of phenolic OH excluding ortho intramolecular Hbond substituents is 1. The smallest absolute Gasteiger partial charge is 0.177 e. The molecule has 0 aliphatic carbocycles. The highest BCUT2D eigenvalue weighted by Gasteiger charge is 2.16. The van der Waals surface area contributed by atoms with Crippen LogP contribution in [0.4, 0.5) is 0 Å². The van der Waals surface area contributed by atoms with Crippen molar-refractivity contribution in [2.24, 2.45) is 0 Å². The van der Waals surface area contributed by atoms with Gasteiger partial charge in [-0.3, -0.25) is 0 Å². The molecular formula is C19H16N2O2. The molecule has 0 radical (unpaired) electrons. The molecule has 114 valence electrons. The molecule has 23 heavy (non-hydrogen) atoms. The topological polar surface area (TPSA) is 51.2 Å². The summed E-state index contributed by atoms with van der Waals surface area (Å²) in [6, 6.07) is 19.4. The average Bonchev–Trinajstić information content (AvgIpc) is 3.22. The minimum atomic E-state index is 0.237. The number of hydrogen-bond acceptors (Lipinski definition) is 3. The van der Waals surface area contributed by atoms with E-state index in [1.54, 1.807) is 18.4 Å². The number of rotatable bonds is 4. The summed E-state index contributed by atoms with van der Waals surface area (Å²) in [5.41, 5.74) is 2.76. The van der Waals surface area contributed by atoms with Gasteiger partial charge in [0.2, 0.25) is 0 Å². The van der Waals surface area contributed by atoms with Crippen LogP contribution in [0.1, 0.15) is 5.56 Å². The van der Waals surface area contributed by atoms with Crippen molar-refractivity contribution in [2.75, 3.05) is 0 Å². The third kappa shape index (κ3) is 2.48. The summed E-state index contributed by atoms with van der Waals surface area (Å²) in [7, 11) is 0. The van der Waals surface area contributed by atoms with Crippen LogP contribution in [-0.2, 0) is 13.0 Å². The molecule has 1 N–H and O–H groups in total. The highest BCUT2D eigenvalue weighted by atomic mass is 16.3. The monoisotopic (exact) mass is 304 g/mol. The first-order valence-corrected chi connectivity index (χ1v) is 7.59. The molecule has 0 saturated carbocycles. The molecule has 0 saturated heterocycles. The zero-order valence-corrected chi connectivity index (χ0v) is 12.5. The van der Waals surface area contributed by atoms with Crippen LogP contribution < -0.4 is 0 Å². The summed E-state index contributed by atoms with van der Waals surface area (Å²) in [5.74, 6) is 1.68. The quantitative estimate of drug-likeness (QED) is 0.613. The van der Waals surface area contributed by atoms with Crippen molar-refractivity contribution < 1.29 is 9.52 Å². The maximum atomic E-state index is 10.3. The van der Waals surface area contributed by atoms with E-state index in [1.807, 2.05) is 41.0 Å². The number of para-hydroxylation sites is 1. The Kier molecular flexibility index (Phi) is 3.35. The highest BCUT2D eigenvalue weighted by molar-refractivity contribution is 5.85. The molecular weight excluding hydrogens is 288 g/mol. The molecule has 0 spiro atoms. The number of phenols is 1. The second kappa shape index (κ2) is 5.65. The lowest BCUT2D eigenvalue weighted by molar-refractivity contribution is 0.477. The first-order valence-electron chi connectivity index (χ1n) is 7.59. The molecule has 4 rings (SSSR count). The van der Waals surface area contributed by atoms with Gasteiger partial charge in [0, 0.05) is 6.54 Å². The fraction of sp³-hybridized carbons (Fsp3) is 0.105. The number of fused-ring (bicyclic) bond motifs is 1.